The third kappa shape index (κ3) is 2.70. The first kappa shape index (κ1) is 11.8. The number of unbranched alkanes of at least 4 members (excludes halogenated alkanes) is 2. The fourth-order valence-electron chi connectivity index (χ4n) is 1.95. The van der Waals surface area contributed by atoms with E-state index in [-0.39, 0.29) is 0 Å². The Kier molecular flexibility index (Phi) is 3.86. The number of fused-ring (bicyclic) bond motifs is 1. The zero-order valence-electron chi connectivity index (χ0n) is 10.3. The molecule has 0 fully saturated rings. The van der Waals surface area contributed by atoms with Gasteiger partial charge in [-0.3, -0.25) is 0 Å². The maximum absolute atomic E-state index is 5.95. The Hall–Kier alpha value is -1.70. The predicted molar refractivity (Wildman–Crippen MR) is 73.4 cm³/mol. The lowest BCUT2D eigenvalue weighted by molar-refractivity contribution is 0.310. The molecule has 2 nitrogen and oxygen atoms in total. The summed E-state index contributed by atoms with van der Waals surface area (Å²) in [7, 11) is 0. The number of nitrogen functional groups attached to an aromatic ring is 1. The summed E-state index contributed by atoms with van der Waals surface area (Å²) in [6, 6.07) is 12.0. The Labute approximate surface area is 102 Å². The highest BCUT2D eigenvalue weighted by atomic mass is 16.5. The molecule has 2 rings (SSSR count). The maximum Gasteiger partial charge on any atom is 0.127 e. The zero-order chi connectivity index (χ0) is 12.1. The molecule has 2 aromatic carbocycles. The van der Waals surface area contributed by atoms with Gasteiger partial charge in [0, 0.05) is 16.5 Å². The van der Waals surface area contributed by atoms with Crippen molar-refractivity contribution in [3.8, 4) is 5.75 Å². The van der Waals surface area contributed by atoms with Gasteiger partial charge in [0.05, 0.1) is 6.61 Å². The largest absolute Gasteiger partial charge is 0.493 e. The molecule has 2 heteroatoms. The summed E-state index contributed by atoms with van der Waals surface area (Å²) in [5.74, 6) is 0.936. The van der Waals surface area contributed by atoms with Gasteiger partial charge in [0.25, 0.3) is 0 Å². The minimum absolute atomic E-state index is 0.780. The van der Waals surface area contributed by atoms with E-state index < -0.39 is 0 Å². The Morgan fingerprint density at radius 1 is 1.00 bits per heavy atom. The van der Waals surface area contributed by atoms with E-state index in [2.05, 4.69) is 13.0 Å². The molecular formula is C15H19NO. The highest BCUT2D eigenvalue weighted by Crippen LogP contribution is 2.29. The second kappa shape index (κ2) is 5.58. The Morgan fingerprint density at radius 3 is 2.53 bits per heavy atom. The van der Waals surface area contributed by atoms with E-state index in [9.17, 15) is 0 Å². The van der Waals surface area contributed by atoms with Gasteiger partial charge in [0.1, 0.15) is 5.75 Å². The fraction of sp³-hybridized carbons (Fsp3) is 0.333. The molecule has 0 saturated heterocycles. The van der Waals surface area contributed by atoms with Crippen LogP contribution in [0.4, 0.5) is 5.69 Å². The van der Waals surface area contributed by atoms with Gasteiger partial charge in [0.15, 0.2) is 0 Å². The highest BCUT2D eigenvalue weighted by molar-refractivity contribution is 5.96. The average molecular weight is 229 g/mol. The molecule has 0 aliphatic carbocycles. The minimum Gasteiger partial charge on any atom is -0.493 e. The average Bonchev–Trinajstić information content (AvgIpc) is 2.37. The van der Waals surface area contributed by atoms with Crippen LogP contribution in [-0.4, -0.2) is 6.61 Å². The van der Waals surface area contributed by atoms with Crippen molar-refractivity contribution in [3.63, 3.8) is 0 Å². The quantitative estimate of drug-likeness (QED) is 0.621. The molecule has 0 radical (unpaired) electrons. The summed E-state index contributed by atoms with van der Waals surface area (Å²) in [6.07, 6.45) is 3.54. The Balaban J connectivity index is 2.20. The lowest BCUT2D eigenvalue weighted by Crippen LogP contribution is -1.98. The molecule has 0 unspecified atom stereocenters. The van der Waals surface area contributed by atoms with E-state index in [1.807, 2.05) is 30.3 Å². The van der Waals surface area contributed by atoms with E-state index in [1.165, 1.54) is 12.8 Å². The second-order valence-corrected chi connectivity index (χ2v) is 4.25. The summed E-state index contributed by atoms with van der Waals surface area (Å²) in [5, 5.41) is 2.17. The van der Waals surface area contributed by atoms with Crippen LogP contribution in [0.3, 0.4) is 0 Å². The van der Waals surface area contributed by atoms with Crippen molar-refractivity contribution in [1.29, 1.82) is 0 Å². The van der Waals surface area contributed by atoms with Crippen LogP contribution < -0.4 is 10.5 Å². The molecule has 0 aliphatic heterocycles. The normalized spacial score (nSPS) is 10.6. The highest BCUT2D eigenvalue weighted by Gasteiger charge is 2.03. The number of nitrogens with two attached hydrogens (primary N) is 1. The summed E-state index contributed by atoms with van der Waals surface area (Å²) < 4.78 is 5.82. The van der Waals surface area contributed by atoms with Gasteiger partial charge >= 0.3 is 0 Å². The molecule has 0 aromatic heterocycles. The lowest BCUT2D eigenvalue weighted by Gasteiger charge is -2.10. The number of rotatable bonds is 5. The SMILES string of the molecule is CCCCCOc1ccc(N)c2ccccc12. The fourth-order valence-corrected chi connectivity index (χ4v) is 1.95. The third-order valence-electron chi connectivity index (χ3n) is 2.92. The number of hydrogen-bond donors (Lipinski definition) is 1. The summed E-state index contributed by atoms with van der Waals surface area (Å²) in [5.41, 5.74) is 6.75. The smallest absolute Gasteiger partial charge is 0.127 e. The van der Waals surface area contributed by atoms with Gasteiger partial charge in [-0.15, -0.1) is 0 Å². The molecule has 17 heavy (non-hydrogen) atoms. The van der Waals surface area contributed by atoms with Crippen molar-refractivity contribution in [3.05, 3.63) is 36.4 Å². The van der Waals surface area contributed by atoms with E-state index in [0.29, 0.717) is 0 Å². The molecule has 0 spiro atoms. The van der Waals surface area contributed by atoms with E-state index in [1.54, 1.807) is 0 Å². The van der Waals surface area contributed by atoms with Crippen LogP contribution in [-0.2, 0) is 0 Å². The van der Waals surface area contributed by atoms with Crippen LogP contribution in [0.15, 0.2) is 36.4 Å². The van der Waals surface area contributed by atoms with E-state index in [4.69, 9.17) is 10.5 Å². The van der Waals surface area contributed by atoms with Crippen LogP contribution in [0.5, 0.6) is 5.75 Å². The van der Waals surface area contributed by atoms with Gasteiger partial charge in [-0.25, -0.2) is 0 Å². The molecule has 0 heterocycles. The van der Waals surface area contributed by atoms with E-state index >= 15 is 0 Å². The van der Waals surface area contributed by atoms with Crippen LogP contribution in [0.25, 0.3) is 10.8 Å². The summed E-state index contributed by atoms with van der Waals surface area (Å²) >= 11 is 0. The van der Waals surface area contributed by atoms with Crippen LogP contribution >= 0.6 is 0 Å². The van der Waals surface area contributed by atoms with Crippen molar-refractivity contribution in [2.45, 2.75) is 26.2 Å². The molecular weight excluding hydrogens is 210 g/mol. The Morgan fingerprint density at radius 2 is 1.76 bits per heavy atom. The first-order chi connectivity index (χ1) is 8.33. The van der Waals surface area contributed by atoms with Crippen molar-refractivity contribution >= 4 is 16.5 Å². The molecule has 0 bridgehead atoms. The van der Waals surface area contributed by atoms with Gasteiger partial charge in [-0.2, -0.15) is 0 Å². The molecule has 0 aliphatic rings. The minimum atomic E-state index is 0.780. The molecule has 0 saturated carbocycles. The van der Waals surface area contributed by atoms with Crippen LogP contribution in [0, 0.1) is 0 Å². The number of benzene rings is 2. The molecule has 90 valence electrons. The summed E-state index contributed by atoms with van der Waals surface area (Å²) in [6.45, 7) is 2.97. The predicted octanol–water partition coefficient (Wildman–Crippen LogP) is 3.99. The second-order valence-electron chi connectivity index (χ2n) is 4.25. The summed E-state index contributed by atoms with van der Waals surface area (Å²) in [4.78, 5) is 0. The van der Waals surface area contributed by atoms with Gasteiger partial charge in [-0.05, 0) is 18.6 Å². The first-order valence-electron chi connectivity index (χ1n) is 6.23. The number of hydrogen-bond acceptors (Lipinski definition) is 2. The van der Waals surface area contributed by atoms with Crippen LogP contribution in [0.1, 0.15) is 26.2 Å². The van der Waals surface area contributed by atoms with Crippen molar-refractivity contribution in [1.82, 2.24) is 0 Å². The molecule has 0 atom stereocenters. The first-order valence-corrected chi connectivity index (χ1v) is 6.23. The monoisotopic (exact) mass is 229 g/mol. The lowest BCUT2D eigenvalue weighted by atomic mass is 10.1. The standard InChI is InChI=1S/C15H19NO/c1-2-3-6-11-17-15-10-9-14(16)12-7-4-5-8-13(12)15/h4-5,7-10H,2-3,6,11,16H2,1H3. The van der Waals surface area contributed by atoms with Crippen molar-refractivity contribution < 1.29 is 4.74 Å². The van der Waals surface area contributed by atoms with E-state index in [0.717, 1.165) is 35.2 Å². The zero-order valence-corrected chi connectivity index (χ0v) is 10.3. The van der Waals surface area contributed by atoms with Gasteiger partial charge in [-0.1, -0.05) is 44.0 Å². The van der Waals surface area contributed by atoms with Gasteiger partial charge in [0.2, 0.25) is 0 Å². The molecule has 2 aromatic rings. The number of ether oxygens (including phenoxy) is 1. The van der Waals surface area contributed by atoms with Crippen LogP contribution in [0.2, 0.25) is 0 Å². The maximum atomic E-state index is 5.95. The molecule has 2 N–H and O–H groups in total. The third-order valence-corrected chi connectivity index (χ3v) is 2.92. The Bertz CT molecular complexity index is 493. The van der Waals surface area contributed by atoms with Crippen molar-refractivity contribution in [2.24, 2.45) is 0 Å². The topological polar surface area (TPSA) is 35.2 Å². The molecule has 0 amide bonds. The van der Waals surface area contributed by atoms with Crippen molar-refractivity contribution in [2.75, 3.05) is 12.3 Å². The number of anilines is 1. The van der Waals surface area contributed by atoms with Gasteiger partial charge < -0.3 is 10.5 Å².